The molecule has 2 fully saturated rings. The van der Waals surface area contributed by atoms with Crippen LogP contribution in [0.2, 0.25) is 0 Å². The van der Waals surface area contributed by atoms with E-state index < -0.39 is 0 Å². The molecule has 0 aliphatic heterocycles. The van der Waals surface area contributed by atoms with E-state index in [2.05, 4.69) is 32.4 Å². The van der Waals surface area contributed by atoms with E-state index in [1.165, 1.54) is 38.5 Å². The monoisotopic (exact) mass is 281 g/mol. The maximum absolute atomic E-state index is 4.18. The molecule has 2 aliphatic rings. The third-order valence-corrected chi connectivity index (χ3v) is 5.23. The summed E-state index contributed by atoms with van der Waals surface area (Å²) in [7, 11) is 0. The van der Waals surface area contributed by atoms with Crippen LogP contribution in [-0.4, -0.2) is 38.5 Å². The fraction of sp³-hybridized carbons (Fsp3) is 0.923. The fourth-order valence-corrected chi connectivity index (χ4v) is 3.55. The van der Waals surface area contributed by atoms with Crippen LogP contribution in [0.15, 0.2) is 5.16 Å². The SMILES string of the molecule is CC(CNC1CC1)CSc1nnnn1C1CCCC1. The van der Waals surface area contributed by atoms with Crippen LogP contribution in [0, 0.1) is 5.92 Å². The predicted molar refractivity (Wildman–Crippen MR) is 76.2 cm³/mol. The van der Waals surface area contributed by atoms with Crippen LogP contribution in [0.3, 0.4) is 0 Å². The van der Waals surface area contributed by atoms with Gasteiger partial charge < -0.3 is 5.32 Å². The average Bonchev–Trinajstić information content (AvgIpc) is 2.92. The summed E-state index contributed by atoms with van der Waals surface area (Å²) in [6.07, 6.45) is 7.82. The molecule has 1 N–H and O–H groups in total. The molecular weight excluding hydrogens is 258 g/mol. The van der Waals surface area contributed by atoms with E-state index in [9.17, 15) is 0 Å². The van der Waals surface area contributed by atoms with Gasteiger partial charge in [-0.05, 0) is 48.6 Å². The Morgan fingerprint density at radius 2 is 2.11 bits per heavy atom. The highest BCUT2D eigenvalue weighted by Crippen LogP contribution is 2.31. The van der Waals surface area contributed by atoms with Crippen molar-refractivity contribution in [1.82, 2.24) is 25.5 Å². The molecular formula is C13H23N5S. The van der Waals surface area contributed by atoms with Crippen LogP contribution in [0.25, 0.3) is 0 Å². The van der Waals surface area contributed by atoms with E-state index in [1.54, 1.807) is 0 Å². The van der Waals surface area contributed by atoms with Gasteiger partial charge in [-0.2, -0.15) is 0 Å². The first kappa shape index (κ1) is 13.4. The van der Waals surface area contributed by atoms with Gasteiger partial charge in [0.1, 0.15) is 0 Å². The normalized spacial score (nSPS) is 21.9. The van der Waals surface area contributed by atoms with E-state index in [1.807, 2.05) is 11.8 Å². The number of nitrogens with zero attached hydrogens (tertiary/aromatic N) is 4. The lowest BCUT2D eigenvalue weighted by Gasteiger charge is -2.13. The zero-order valence-electron chi connectivity index (χ0n) is 11.6. The van der Waals surface area contributed by atoms with Crippen LogP contribution in [0.4, 0.5) is 0 Å². The first-order valence-corrected chi connectivity index (χ1v) is 8.45. The van der Waals surface area contributed by atoms with Gasteiger partial charge in [-0.3, -0.25) is 0 Å². The van der Waals surface area contributed by atoms with Gasteiger partial charge in [0.25, 0.3) is 0 Å². The third kappa shape index (κ3) is 3.69. The first-order valence-electron chi connectivity index (χ1n) is 7.47. The van der Waals surface area contributed by atoms with Crippen LogP contribution in [0.1, 0.15) is 51.5 Å². The fourth-order valence-electron chi connectivity index (χ4n) is 2.59. The molecule has 0 bridgehead atoms. The van der Waals surface area contributed by atoms with Gasteiger partial charge in [0.2, 0.25) is 5.16 Å². The molecule has 0 aromatic carbocycles. The standard InChI is InChI=1S/C13H23N5S/c1-10(8-14-11-6-7-11)9-19-13-15-16-17-18(13)12-4-2-3-5-12/h10-12,14H,2-9H2,1H3. The van der Waals surface area contributed by atoms with Crippen molar-refractivity contribution in [3.63, 3.8) is 0 Å². The molecule has 3 rings (SSSR count). The van der Waals surface area contributed by atoms with Crippen molar-refractivity contribution in [3.05, 3.63) is 0 Å². The molecule has 6 heteroatoms. The van der Waals surface area contributed by atoms with Gasteiger partial charge in [-0.25, -0.2) is 4.68 Å². The van der Waals surface area contributed by atoms with Crippen molar-refractivity contribution in [2.24, 2.45) is 5.92 Å². The summed E-state index contributed by atoms with van der Waals surface area (Å²) in [4.78, 5) is 0. The van der Waals surface area contributed by atoms with Crippen molar-refractivity contribution >= 4 is 11.8 Å². The molecule has 1 aromatic heterocycles. The number of hydrogen-bond donors (Lipinski definition) is 1. The summed E-state index contributed by atoms with van der Waals surface area (Å²) in [5.74, 6) is 1.76. The molecule has 1 heterocycles. The molecule has 0 amide bonds. The highest BCUT2D eigenvalue weighted by molar-refractivity contribution is 7.99. The quantitative estimate of drug-likeness (QED) is 0.777. The van der Waals surface area contributed by atoms with Crippen molar-refractivity contribution in [3.8, 4) is 0 Å². The predicted octanol–water partition coefficient (Wildman–Crippen LogP) is 2.27. The second-order valence-corrected chi connectivity index (χ2v) is 6.93. The highest BCUT2D eigenvalue weighted by Gasteiger charge is 2.23. The minimum absolute atomic E-state index is 0.539. The molecule has 1 atom stereocenters. The summed E-state index contributed by atoms with van der Waals surface area (Å²) in [5.41, 5.74) is 0. The Bertz CT molecular complexity index is 397. The van der Waals surface area contributed by atoms with E-state index in [4.69, 9.17) is 0 Å². The third-order valence-electron chi connectivity index (χ3n) is 3.96. The molecule has 0 radical (unpaired) electrons. The molecule has 2 aliphatic carbocycles. The smallest absolute Gasteiger partial charge is 0.209 e. The molecule has 5 nitrogen and oxygen atoms in total. The summed E-state index contributed by atoms with van der Waals surface area (Å²) < 4.78 is 2.05. The van der Waals surface area contributed by atoms with E-state index in [0.29, 0.717) is 12.0 Å². The highest BCUT2D eigenvalue weighted by atomic mass is 32.2. The zero-order valence-corrected chi connectivity index (χ0v) is 12.4. The van der Waals surface area contributed by atoms with E-state index in [0.717, 1.165) is 23.5 Å². The Kier molecular flexibility index (Phi) is 4.38. The molecule has 2 saturated carbocycles. The second kappa shape index (κ2) is 6.22. The summed E-state index contributed by atoms with van der Waals surface area (Å²) in [5, 5.41) is 16.8. The molecule has 106 valence electrons. The van der Waals surface area contributed by atoms with Gasteiger partial charge in [0.05, 0.1) is 6.04 Å². The van der Waals surface area contributed by atoms with Gasteiger partial charge >= 0.3 is 0 Å². The Hall–Kier alpha value is -0.620. The lowest BCUT2D eigenvalue weighted by Crippen LogP contribution is -2.24. The Balaban J connectivity index is 1.47. The number of nitrogens with one attached hydrogen (secondary N) is 1. The van der Waals surface area contributed by atoms with Gasteiger partial charge in [-0.15, -0.1) is 5.10 Å². The van der Waals surface area contributed by atoms with Crippen molar-refractivity contribution in [2.75, 3.05) is 12.3 Å². The largest absolute Gasteiger partial charge is 0.314 e. The Labute approximate surface area is 118 Å². The van der Waals surface area contributed by atoms with Crippen LogP contribution in [-0.2, 0) is 0 Å². The second-order valence-electron chi connectivity index (χ2n) is 5.94. The van der Waals surface area contributed by atoms with Crippen LogP contribution < -0.4 is 5.32 Å². The summed E-state index contributed by atoms with van der Waals surface area (Å²) in [6, 6.07) is 1.34. The Morgan fingerprint density at radius 3 is 2.84 bits per heavy atom. The first-order chi connectivity index (χ1) is 9.33. The lowest BCUT2D eigenvalue weighted by molar-refractivity contribution is 0.422. The molecule has 19 heavy (non-hydrogen) atoms. The minimum Gasteiger partial charge on any atom is -0.314 e. The topological polar surface area (TPSA) is 55.6 Å². The Morgan fingerprint density at radius 1 is 1.32 bits per heavy atom. The van der Waals surface area contributed by atoms with Crippen molar-refractivity contribution < 1.29 is 0 Å². The number of thioether (sulfide) groups is 1. The van der Waals surface area contributed by atoms with Crippen molar-refractivity contribution in [2.45, 2.75) is 62.7 Å². The van der Waals surface area contributed by atoms with E-state index in [-0.39, 0.29) is 0 Å². The number of hydrogen-bond acceptors (Lipinski definition) is 5. The molecule has 1 aromatic rings. The van der Waals surface area contributed by atoms with Gasteiger partial charge in [-0.1, -0.05) is 31.5 Å². The molecule has 1 unspecified atom stereocenters. The lowest BCUT2D eigenvalue weighted by atomic mass is 10.2. The molecule has 0 saturated heterocycles. The maximum Gasteiger partial charge on any atom is 0.209 e. The molecule has 0 spiro atoms. The zero-order chi connectivity index (χ0) is 13.1. The van der Waals surface area contributed by atoms with Crippen LogP contribution in [0.5, 0.6) is 0 Å². The number of tetrazole rings is 1. The summed E-state index contributed by atoms with van der Waals surface area (Å²) >= 11 is 1.81. The maximum atomic E-state index is 4.18. The van der Waals surface area contributed by atoms with E-state index >= 15 is 0 Å². The van der Waals surface area contributed by atoms with Gasteiger partial charge in [0, 0.05) is 11.8 Å². The summed E-state index contributed by atoms with van der Waals surface area (Å²) in [6.45, 7) is 3.41. The number of rotatable bonds is 7. The van der Waals surface area contributed by atoms with Gasteiger partial charge in [0.15, 0.2) is 0 Å². The number of aromatic nitrogens is 4. The average molecular weight is 281 g/mol. The van der Waals surface area contributed by atoms with Crippen LogP contribution >= 0.6 is 11.8 Å². The van der Waals surface area contributed by atoms with Crippen molar-refractivity contribution in [1.29, 1.82) is 0 Å². The minimum atomic E-state index is 0.539.